The number of aliphatic carboxylic acids is 1. The molecule has 0 aromatic rings. The molecule has 25 heavy (non-hydrogen) atoms. The Labute approximate surface area is 152 Å². The second-order valence-electron chi connectivity index (χ2n) is 7.97. The molecular weight excluding hydrogens is 346 g/mol. The second kappa shape index (κ2) is 8.54. The van der Waals surface area contributed by atoms with E-state index in [1.807, 2.05) is 0 Å². The van der Waals surface area contributed by atoms with Gasteiger partial charge in [-0.3, -0.25) is 4.79 Å². The molecule has 7 atom stereocenters. The molecule has 0 aromatic carbocycles. The first-order valence-corrected chi connectivity index (χ1v) is 9.87. The Morgan fingerprint density at radius 1 is 1.20 bits per heavy atom. The van der Waals surface area contributed by atoms with Gasteiger partial charge in [0.25, 0.3) is 0 Å². The zero-order valence-corrected chi connectivity index (χ0v) is 15.7. The Balaban J connectivity index is 2.04. The number of aliphatic hydroxyl groups is 4. The van der Waals surface area contributed by atoms with Gasteiger partial charge in [-0.05, 0) is 30.6 Å². The highest BCUT2D eigenvalue weighted by Gasteiger charge is 2.48. The lowest BCUT2D eigenvalue weighted by Crippen LogP contribution is -2.57. The van der Waals surface area contributed by atoms with Crippen molar-refractivity contribution in [3.8, 4) is 0 Å². The fraction of sp³-hybridized carbons (Fsp3) is 0.941. The fourth-order valence-corrected chi connectivity index (χ4v) is 5.61. The summed E-state index contributed by atoms with van der Waals surface area (Å²) < 4.78 is 0. The number of hydrogen-bond acceptors (Lipinski definition) is 7. The molecule has 6 N–H and O–H groups in total. The van der Waals surface area contributed by atoms with Gasteiger partial charge in [-0.1, -0.05) is 13.8 Å². The van der Waals surface area contributed by atoms with Crippen LogP contribution in [-0.4, -0.2) is 79.5 Å². The monoisotopic (exact) mass is 377 g/mol. The molecule has 1 heterocycles. The second-order valence-corrected chi connectivity index (χ2v) is 9.39. The van der Waals surface area contributed by atoms with E-state index >= 15 is 0 Å². The van der Waals surface area contributed by atoms with Crippen LogP contribution in [0.25, 0.3) is 0 Å². The van der Waals surface area contributed by atoms with E-state index in [0.717, 1.165) is 19.3 Å². The average molecular weight is 378 g/mol. The summed E-state index contributed by atoms with van der Waals surface area (Å²) in [5.41, 5.74) is 0.0216. The molecular formula is C17H31NO6S. The van der Waals surface area contributed by atoms with Crippen LogP contribution < -0.4 is 5.32 Å². The van der Waals surface area contributed by atoms with E-state index in [1.54, 1.807) is 0 Å². The van der Waals surface area contributed by atoms with Crippen molar-refractivity contribution in [1.29, 1.82) is 0 Å². The zero-order chi connectivity index (χ0) is 18.8. The first kappa shape index (κ1) is 20.9. The Hall–Kier alpha value is -0.380. The van der Waals surface area contributed by atoms with Crippen LogP contribution in [0.4, 0.5) is 0 Å². The van der Waals surface area contributed by atoms with E-state index in [9.17, 15) is 25.2 Å². The predicted molar refractivity (Wildman–Crippen MR) is 95.4 cm³/mol. The normalized spacial score (nSPS) is 41.4. The van der Waals surface area contributed by atoms with Crippen molar-refractivity contribution in [1.82, 2.24) is 5.32 Å². The van der Waals surface area contributed by atoms with E-state index in [-0.39, 0.29) is 35.7 Å². The summed E-state index contributed by atoms with van der Waals surface area (Å²) in [4.78, 5) is 10.7. The van der Waals surface area contributed by atoms with Gasteiger partial charge in [0.05, 0.1) is 30.5 Å². The third kappa shape index (κ3) is 4.87. The van der Waals surface area contributed by atoms with Gasteiger partial charge in [0.15, 0.2) is 0 Å². The number of carbonyl (C=O) groups is 1. The lowest BCUT2D eigenvalue weighted by atomic mass is 9.67. The Morgan fingerprint density at radius 3 is 2.48 bits per heavy atom. The van der Waals surface area contributed by atoms with Crippen LogP contribution in [0.3, 0.4) is 0 Å². The van der Waals surface area contributed by atoms with Crippen LogP contribution in [0.2, 0.25) is 0 Å². The maximum absolute atomic E-state index is 10.7. The summed E-state index contributed by atoms with van der Waals surface area (Å²) in [6.45, 7) is 4.46. The summed E-state index contributed by atoms with van der Waals surface area (Å²) in [5.74, 6) is -0.703. The molecule has 1 aliphatic heterocycles. The maximum Gasteiger partial charge on any atom is 0.304 e. The predicted octanol–water partition coefficient (Wildman–Crippen LogP) is -0.195. The molecule has 1 aliphatic carbocycles. The molecule has 146 valence electrons. The van der Waals surface area contributed by atoms with Crippen molar-refractivity contribution in [2.24, 2.45) is 11.3 Å². The van der Waals surface area contributed by atoms with Crippen molar-refractivity contribution in [2.75, 3.05) is 13.2 Å². The van der Waals surface area contributed by atoms with E-state index < -0.39 is 29.5 Å². The molecule has 8 heteroatoms. The molecule has 2 aliphatic rings. The van der Waals surface area contributed by atoms with Crippen molar-refractivity contribution in [3.05, 3.63) is 0 Å². The number of thioether (sulfide) groups is 1. The molecule has 0 bridgehead atoms. The molecule has 2 unspecified atom stereocenters. The Morgan fingerprint density at radius 2 is 1.88 bits per heavy atom. The van der Waals surface area contributed by atoms with Gasteiger partial charge < -0.3 is 30.8 Å². The van der Waals surface area contributed by atoms with Gasteiger partial charge in [-0.2, -0.15) is 0 Å². The smallest absolute Gasteiger partial charge is 0.304 e. The molecule has 1 saturated carbocycles. The molecule has 0 amide bonds. The van der Waals surface area contributed by atoms with E-state index in [0.29, 0.717) is 6.54 Å². The van der Waals surface area contributed by atoms with E-state index in [1.165, 1.54) is 11.8 Å². The zero-order valence-electron chi connectivity index (χ0n) is 14.8. The van der Waals surface area contributed by atoms with Crippen LogP contribution in [0, 0.1) is 11.3 Å². The average Bonchev–Trinajstić information content (AvgIpc) is 2.54. The van der Waals surface area contributed by atoms with E-state index in [4.69, 9.17) is 5.11 Å². The first-order valence-electron chi connectivity index (χ1n) is 8.93. The first-order chi connectivity index (χ1) is 11.7. The molecule has 2 rings (SSSR count). The Kier molecular flexibility index (Phi) is 7.15. The molecule has 1 saturated heterocycles. The van der Waals surface area contributed by atoms with Crippen LogP contribution in [0.15, 0.2) is 0 Å². The molecule has 0 radical (unpaired) electrons. The quantitative estimate of drug-likeness (QED) is 0.375. The number of nitrogens with one attached hydrogen (secondary N) is 1. The lowest BCUT2D eigenvalue weighted by molar-refractivity contribution is -0.136. The third-order valence-corrected chi connectivity index (χ3v) is 7.52. The van der Waals surface area contributed by atoms with Gasteiger partial charge in [0, 0.05) is 17.8 Å². The van der Waals surface area contributed by atoms with Gasteiger partial charge in [-0.25, -0.2) is 0 Å². The van der Waals surface area contributed by atoms with Gasteiger partial charge in [0.1, 0.15) is 6.10 Å². The minimum atomic E-state index is -1.25. The van der Waals surface area contributed by atoms with Crippen LogP contribution in [0.1, 0.15) is 39.5 Å². The van der Waals surface area contributed by atoms with Crippen molar-refractivity contribution >= 4 is 17.7 Å². The molecule has 2 fully saturated rings. The van der Waals surface area contributed by atoms with Crippen LogP contribution in [-0.2, 0) is 4.79 Å². The fourth-order valence-electron chi connectivity index (χ4n) is 4.00. The minimum absolute atomic E-state index is 0.0216. The van der Waals surface area contributed by atoms with Crippen LogP contribution in [0.5, 0.6) is 0 Å². The number of carboxylic acids is 1. The molecule has 0 spiro atoms. The summed E-state index contributed by atoms with van der Waals surface area (Å²) in [5, 5.41) is 51.4. The number of rotatable bonds is 6. The standard InChI is InChI=1S/C17H31NO6S/c1-17(2)5-3-9(7-11(17)18-6-4-12(20)21)16-15(24)14(23)13(22)10(8-19)25-16/h9-11,13-16,18-19,22-24H,3-8H2,1-2H3,(H,20,21)/t9?,10-,11?,13+,14+,15-,16+/m1/s1. The van der Waals surface area contributed by atoms with Crippen molar-refractivity contribution in [2.45, 2.75) is 74.4 Å². The largest absolute Gasteiger partial charge is 0.481 e. The Bertz CT molecular complexity index is 460. The topological polar surface area (TPSA) is 130 Å². The third-order valence-electron chi connectivity index (χ3n) is 5.76. The maximum atomic E-state index is 10.7. The summed E-state index contributed by atoms with van der Waals surface area (Å²) in [6.07, 6.45) is -0.775. The number of aliphatic hydroxyl groups excluding tert-OH is 4. The lowest BCUT2D eigenvalue weighted by Gasteiger charge is -2.48. The highest BCUT2D eigenvalue weighted by atomic mass is 32.2. The highest BCUT2D eigenvalue weighted by molar-refractivity contribution is 8.00. The van der Waals surface area contributed by atoms with Gasteiger partial charge >= 0.3 is 5.97 Å². The number of hydrogen-bond donors (Lipinski definition) is 6. The summed E-state index contributed by atoms with van der Waals surface area (Å²) in [7, 11) is 0. The molecule has 7 nitrogen and oxygen atoms in total. The SMILES string of the molecule is CC1(C)CCC([C@@H]2S[C@H](CO)[C@H](O)[C@H](O)[C@H]2O)CC1NCCC(=O)O. The number of carboxylic acid groups (broad SMARTS) is 1. The summed E-state index contributed by atoms with van der Waals surface area (Å²) >= 11 is 1.36. The minimum Gasteiger partial charge on any atom is -0.481 e. The van der Waals surface area contributed by atoms with Gasteiger partial charge in [0.2, 0.25) is 0 Å². The van der Waals surface area contributed by atoms with Crippen molar-refractivity contribution < 1.29 is 30.3 Å². The van der Waals surface area contributed by atoms with E-state index in [2.05, 4.69) is 19.2 Å². The van der Waals surface area contributed by atoms with Gasteiger partial charge in [-0.15, -0.1) is 11.8 Å². The summed E-state index contributed by atoms with van der Waals surface area (Å²) in [6, 6.07) is 0.120. The van der Waals surface area contributed by atoms with Crippen molar-refractivity contribution in [3.63, 3.8) is 0 Å². The highest BCUT2D eigenvalue weighted by Crippen LogP contribution is 2.46. The molecule has 0 aromatic heterocycles. The van der Waals surface area contributed by atoms with Crippen LogP contribution >= 0.6 is 11.8 Å².